The van der Waals surface area contributed by atoms with E-state index in [-0.39, 0.29) is 17.6 Å². The number of pyridine rings is 1. The molecule has 6 heteroatoms. The maximum Gasteiger partial charge on any atom is 0.254 e. The van der Waals surface area contributed by atoms with Crippen molar-refractivity contribution in [3.8, 4) is 0 Å². The van der Waals surface area contributed by atoms with E-state index >= 15 is 0 Å². The zero-order chi connectivity index (χ0) is 16.3. The van der Waals surface area contributed by atoms with Crippen LogP contribution in [0.15, 0.2) is 18.3 Å². The molecule has 2 rings (SSSR count). The Balaban J connectivity index is 2.14. The summed E-state index contributed by atoms with van der Waals surface area (Å²) in [7, 11) is 5.14. The van der Waals surface area contributed by atoms with Crippen LogP contribution in [0.25, 0.3) is 0 Å². The summed E-state index contributed by atoms with van der Waals surface area (Å²) in [6, 6.07) is 3.71. The molecule has 0 spiro atoms. The lowest BCUT2D eigenvalue weighted by Gasteiger charge is -2.43. The summed E-state index contributed by atoms with van der Waals surface area (Å²) in [4.78, 5) is 20.1. The van der Waals surface area contributed by atoms with Crippen molar-refractivity contribution in [3.63, 3.8) is 0 Å². The highest BCUT2D eigenvalue weighted by Crippen LogP contribution is 2.25. The van der Waals surface area contributed by atoms with Gasteiger partial charge in [-0.15, -0.1) is 0 Å². The molecule has 1 amide bonds. The lowest BCUT2D eigenvalue weighted by Crippen LogP contribution is -2.54. The first kappa shape index (κ1) is 16.7. The van der Waals surface area contributed by atoms with Gasteiger partial charge in [0.2, 0.25) is 0 Å². The average molecular weight is 307 g/mol. The van der Waals surface area contributed by atoms with Gasteiger partial charge in [0.05, 0.1) is 23.9 Å². The number of aromatic nitrogens is 1. The number of methoxy groups -OCH3 is 1. The zero-order valence-electron chi connectivity index (χ0n) is 14.0. The van der Waals surface area contributed by atoms with Gasteiger partial charge < -0.3 is 19.3 Å². The molecule has 0 radical (unpaired) electrons. The summed E-state index contributed by atoms with van der Waals surface area (Å²) in [6.07, 6.45) is 1.64. The number of amides is 1. The van der Waals surface area contributed by atoms with Crippen molar-refractivity contribution in [2.24, 2.45) is 0 Å². The van der Waals surface area contributed by atoms with E-state index < -0.39 is 0 Å². The molecule has 6 nitrogen and oxygen atoms in total. The molecular weight excluding hydrogens is 282 g/mol. The molecule has 1 aromatic rings. The molecule has 1 saturated heterocycles. The number of nitrogens with zero attached hydrogens (tertiary/aromatic N) is 3. The minimum atomic E-state index is -0.263. The van der Waals surface area contributed by atoms with Crippen molar-refractivity contribution in [1.82, 2.24) is 9.88 Å². The first-order valence-corrected chi connectivity index (χ1v) is 7.42. The van der Waals surface area contributed by atoms with Gasteiger partial charge in [0.1, 0.15) is 5.82 Å². The van der Waals surface area contributed by atoms with E-state index in [2.05, 4.69) is 23.7 Å². The molecular formula is C16H25N3O3. The van der Waals surface area contributed by atoms with Crippen LogP contribution in [0, 0.1) is 0 Å². The summed E-state index contributed by atoms with van der Waals surface area (Å²) < 4.78 is 11.2. The maximum absolute atomic E-state index is 11.9. The third-order valence-electron chi connectivity index (χ3n) is 3.56. The molecule has 1 fully saturated rings. The summed E-state index contributed by atoms with van der Waals surface area (Å²) in [6.45, 7) is 6.15. The number of rotatable bonds is 4. The van der Waals surface area contributed by atoms with Crippen molar-refractivity contribution in [2.45, 2.75) is 25.6 Å². The molecule has 1 aliphatic rings. The third-order valence-corrected chi connectivity index (χ3v) is 3.56. The van der Waals surface area contributed by atoms with Gasteiger partial charge in [0.15, 0.2) is 0 Å². The second kappa shape index (κ2) is 6.62. The van der Waals surface area contributed by atoms with Crippen LogP contribution in [0.4, 0.5) is 5.82 Å². The highest BCUT2D eigenvalue weighted by Gasteiger charge is 2.34. The van der Waals surface area contributed by atoms with Crippen LogP contribution >= 0.6 is 0 Å². The molecule has 122 valence electrons. The summed E-state index contributed by atoms with van der Waals surface area (Å²) in [5.41, 5.74) is 0.330. The van der Waals surface area contributed by atoms with Crippen molar-refractivity contribution in [1.29, 1.82) is 0 Å². The molecule has 0 aliphatic carbocycles. The second-order valence-corrected chi connectivity index (χ2v) is 6.44. The minimum Gasteiger partial charge on any atom is -0.382 e. The molecule has 0 aromatic carbocycles. The lowest BCUT2D eigenvalue weighted by atomic mass is 10.1. The fourth-order valence-electron chi connectivity index (χ4n) is 2.70. The van der Waals surface area contributed by atoms with Crippen LogP contribution in [-0.4, -0.2) is 68.4 Å². The van der Waals surface area contributed by atoms with Crippen LogP contribution in [0.2, 0.25) is 0 Å². The van der Waals surface area contributed by atoms with E-state index in [0.29, 0.717) is 12.2 Å². The first-order valence-electron chi connectivity index (χ1n) is 7.42. The molecule has 1 atom stereocenters. The Bertz CT molecular complexity index is 514. The summed E-state index contributed by atoms with van der Waals surface area (Å²) in [5.74, 6) is 0.811. The average Bonchev–Trinajstić information content (AvgIpc) is 2.45. The highest BCUT2D eigenvalue weighted by molar-refractivity contribution is 5.93. The van der Waals surface area contributed by atoms with E-state index in [4.69, 9.17) is 9.47 Å². The normalized spacial score (nSPS) is 20.8. The minimum absolute atomic E-state index is 0.0126. The van der Waals surface area contributed by atoms with Crippen molar-refractivity contribution in [3.05, 3.63) is 23.9 Å². The molecule has 1 aliphatic heterocycles. The molecule has 1 aromatic heterocycles. The van der Waals surface area contributed by atoms with Crippen molar-refractivity contribution >= 4 is 11.7 Å². The Kier molecular flexibility index (Phi) is 5.03. The molecule has 2 heterocycles. The van der Waals surface area contributed by atoms with E-state index in [9.17, 15) is 4.79 Å². The molecule has 0 N–H and O–H groups in total. The van der Waals surface area contributed by atoms with Crippen LogP contribution in [0.1, 0.15) is 24.2 Å². The Morgan fingerprint density at radius 1 is 1.50 bits per heavy atom. The number of morpholine rings is 1. The quantitative estimate of drug-likeness (QED) is 0.842. The molecule has 0 unspecified atom stereocenters. The number of hydrogen-bond acceptors (Lipinski definition) is 5. The first-order chi connectivity index (χ1) is 10.3. The van der Waals surface area contributed by atoms with Crippen LogP contribution in [-0.2, 0) is 9.47 Å². The SMILES string of the molecule is COC[C@H]1CN(c2ccc(C(=O)N(C)C)cn2)CC(C)(C)O1. The standard InChI is InChI=1S/C16H25N3O3/c1-16(2)11-19(9-13(22-16)10-21-5)14-7-6-12(8-17-14)15(20)18(3)4/h6-8,13H,9-11H2,1-5H3/t13-/m1/s1. The Labute approximate surface area is 132 Å². The largest absolute Gasteiger partial charge is 0.382 e. The van der Waals surface area contributed by atoms with E-state index in [0.717, 1.165) is 18.9 Å². The Hall–Kier alpha value is -1.66. The number of carbonyl (C=O) groups excluding carboxylic acids is 1. The van der Waals surface area contributed by atoms with Gasteiger partial charge in [-0.1, -0.05) is 0 Å². The summed E-state index contributed by atoms with van der Waals surface area (Å²) in [5, 5.41) is 0. The Morgan fingerprint density at radius 2 is 2.23 bits per heavy atom. The fraction of sp³-hybridized carbons (Fsp3) is 0.625. The third kappa shape index (κ3) is 3.96. The molecule has 0 saturated carbocycles. The number of anilines is 1. The van der Waals surface area contributed by atoms with Gasteiger partial charge >= 0.3 is 0 Å². The van der Waals surface area contributed by atoms with E-state index in [1.807, 2.05) is 12.1 Å². The van der Waals surface area contributed by atoms with Crippen LogP contribution in [0.5, 0.6) is 0 Å². The zero-order valence-corrected chi connectivity index (χ0v) is 14.0. The van der Waals surface area contributed by atoms with Gasteiger partial charge in [-0.25, -0.2) is 4.98 Å². The second-order valence-electron chi connectivity index (χ2n) is 6.44. The predicted molar refractivity (Wildman–Crippen MR) is 85.3 cm³/mol. The van der Waals surface area contributed by atoms with Crippen LogP contribution in [0.3, 0.4) is 0 Å². The smallest absolute Gasteiger partial charge is 0.254 e. The highest BCUT2D eigenvalue weighted by atomic mass is 16.5. The number of hydrogen-bond donors (Lipinski definition) is 0. The van der Waals surface area contributed by atoms with Gasteiger partial charge in [0.25, 0.3) is 5.91 Å². The summed E-state index contributed by atoms with van der Waals surface area (Å²) >= 11 is 0. The lowest BCUT2D eigenvalue weighted by molar-refractivity contribution is -0.106. The number of ether oxygens (including phenoxy) is 2. The monoisotopic (exact) mass is 307 g/mol. The van der Waals surface area contributed by atoms with Crippen LogP contribution < -0.4 is 4.90 Å². The fourth-order valence-corrected chi connectivity index (χ4v) is 2.70. The maximum atomic E-state index is 11.9. The topological polar surface area (TPSA) is 54.9 Å². The van der Waals surface area contributed by atoms with E-state index in [1.165, 1.54) is 0 Å². The van der Waals surface area contributed by atoms with Gasteiger partial charge in [-0.05, 0) is 26.0 Å². The molecule has 0 bridgehead atoms. The van der Waals surface area contributed by atoms with Crippen molar-refractivity contribution < 1.29 is 14.3 Å². The Morgan fingerprint density at radius 3 is 2.77 bits per heavy atom. The van der Waals surface area contributed by atoms with Gasteiger partial charge in [-0.3, -0.25) is 4.79 Å². The van der Waals surface area contributed by atoms with Gasteiger partial charge in [0, 0.05) is 40.5 Å². The number of carbonyl (C=O) groups is 1. The predicted octanol–water partition coefficient (Wildman–Crippen LogP) is 1.41. The van der Waals surface area contributed by atoms with E-state index in [1.54, 1.807) is 32.3 Å². The van der Waals surface area contributed by atoms with Gasteiger partial charge in [-0.2, -0.15) is 0 Å². The molecule has 22 heavy (non-hydrogen) atoms. The van der Waals surface area contributed by atoms with Crippen molar-refractivity contribution in [2.75, 3.05) is 45.8 Å².